The zero-order chi connectivity index (χ0) is 21.1. The minimum Gasteiger partial charge on any atom is -0.495 e. The van der Waals surface area contributed by atoms with E-state index < -0.39 is 4.92 Å². The van der Waals surface area contributed by atoms with Gasteiger partial charge in [-0.2, -0.15) is 0 Å². The molecule has 2 aromatic carbocycles. The van der Waals surface area contributed by atoms with Gasteiger partial charge in [-0.05, 0) is 24.3 Å². The van der Waals surface area contributed by atoms with Crippen LogP contribution >= 0.6 is 0 Å². The maximum Gasteiger partial charge on any atom is 0.294 e. The molecule has 9 heteroatoms. The standard InChI is InChI=1S/C21H21N5O4/c1-30-20-5-3-2-4-18(20)23-10-12-24(13-11-23)21(27)16-6-7-17(19(14-16)26(28)29)25-9-8-22-15-25/h2-9,14-15H,10-13H2,1H3. The van der Waals surface area contributed by atoms with Gasteiger partial charge in [-0.1, -0.05) is 12.1 Å². The second-order valence-electron chi connectivity index (χ2n) is 6.88. The van der Waals surface area contributed by atoms with Crippen molar-refractivity contribution in [2.45, 2.75) is 0 Å². The van der Waals surface area contributed by atoms with E-state index in [0.717, 1.165) is 11.4 Å². The summed E-state index contributed by atoms with van der Waals surface area (Å²) >= 11 is 0. The van der Waals surface area contributed by atoms with Gasteiger partial charge in [0.25, 0.3) is 11.6 Å². The van der Waals surface area contributed by atoms with Gasteiger partial charge in [0.15, 0.2) is 0 Å². The van der Waals surface area contributed by atoms with Crippen LogP contribution < -0.4 is 9.64 Å². The summed E-state index contributed by atoms with van der Waals surface area (Å²) in [6.07, 6.45) is 4.66. The minimum atomic E-state index is -0.480. The number of imidazole rings is 1. The van der Waals surface area contributed by atoms with Gasteiger partial charge in [0.2, 0.25) is 0 Å². The molecule has 0 bridgehead atoms. The summed E-state index contributed by atoms with van der Waals surface area (Å²) < 4.78 is 6.98. The number of rotatable bonds is 5. The quantitative estimate of drug-likeness (QED) is 0.477. The Morgan fingerprint density at radius 3 is 2.53 bits per heavy atom. The summed E-state index contributed by atoms with van der Waals surface area (Å²) in [5.41, 5.74) is 1.53. The second kappa shape index (κ2) is 8.24. The summed E-state index contributed by atoms with van der Waals surface area (Å²) in [5.74, 6) is 0.581. The van der Waals surface area contributed by atoms with E-state index in [4.69, 9.17) is 4.74 Å². The third-order valence-corrected chi connectivity index (χ3v) is 5.19. The van der Waals surface area contributed by atoms with Crippen molar-refractivity contribution in [3.63, 3.8) is 0 Å². The fraction of sp³-hybridized carbons (Fsp3) is 0.238. The van der Waals surface area contributed by atoms with Crippen LogP contribution in [0.1, 0.15) is 10.4 Å². The highest BCUT2D eigenvalue weighted by Crippen LogP contribution is 2.29. The van der Waals surface area contributed by atoms with Crippen molar-refractivity contribution < 1.29 is 14.5 Å². The van der Waals surface area contributed by atoms with Crippen molar-refractivity contribution in [3.8, 4) is 11.4 Å². The highest BCUT2D eigenvalue weighted by atomic mass is 16.6. The maximum atomic E-state index is 13.0. The number of carbonyl (C=O) groups is 1. The number of nitro benzene ring substituents is 1. The van der Waals surface area contributed by atoms with E-state index in [1.807, 2.05) is 24.3 Å². The monoisotopic (exact) mass is 407 g/mol. The molecule has 30 heavy (non-hydrogen) atoms. The number of nitro groups is 1. The van der Waals surface area contributed by atoms with Gasteiger partial charge in [-0.25, -0.2) is 4.98 Å². The van der Waals surface area contributed by atoms with Gasteiger partial charge in [0, 0.05) is 50.2 Å². The number of amides is 1. The van der Waals surface area contributed by atoms with E-state index in [0.29, 0.717) is 37.4 Å². The Labute approximate surface area is 173 Å². The minimum absolute atomic E-state index is 0.133. The Morgan fingerprint density at radius 1 is 1.10 bits per heavy atom. The van der Waals surface area contributed by atoms with E-state index in [9.17, 15) is 14.9 Å². The summed E-state index contributed by atoms with van der Waals surface area (Å²) in [7, 11) is 1.64. The molecule has 0 saturated carbocycles. The highest BCUT2D eigenvalue weighted by Gasteiger charge is 2.26. The van der Waals surface area contributed by atoms with Crippen LogP contribution in [-0.4, -0.2) is 58.6 Å². The molecule has 1 fully saturated rings. The first-order valence-corrected chi connectivity index (χ1v) is 9.52. The number of aromatic nitrogens is 2. The molecule has 0 spiro atoms. The fourth-order valence-corrected chi connectivity index (χ4v) is 3.65. The molecule has 1 amide bonds. The molecule has 1 aromatic heterocycles. The summed E-state index contributed by atoms with van der Waals surface area (Å²) in [6.45, 7) is 2.35. The number of hydrogen-bond donors (Lipinski definition) is 0. The molecule has 9 nitrogen and oxygen atoms in total. The van der Waals surface area contributed by atoms with E-state index in [1.165, 1.54) is 12.4 Å². The number of carbonyl (C=O) groups excluding carboxylic acids is 1. The summed E-state index contributed by atoms with van der Waals surface area (Å²) in [4.78, 5) is 31.9. The molecule has 3 aromatic rings. The van der Waals surface area contributed by atoms with Crippen molar-refractivity contribution in [3.05, 3.63) is 76.9 Å². The summed E-state index contributed by atoms with van der Waals surface area (Å²) in [6, 6.07) is 12.3. The Bertz CT molecular complexity index is 1060. The van der Waals surface area contributed by atoms with Crippen molar-refractivity contribution >= 4 is 17.3 Å². The number of hydrogen-bond acceptors (Lipinski definition) is 6. The predicted octanol–water partition coefficient (Wildman–Crippen LogP) is 2.75. The van der Waals surface area contributed by atoms with Crippen LogP contribution in [0, 0.1) is 10.1 Å². The first kappa shape index (κ1) is 19.4. The normalized spacial score (nSPS) is 13.9. The molecule has 4 rings (SSSR count). The number of para-hydroxylation sites is 2. The number of nitrogens with zero attached hydrogens (tertiary/aromatic N) is 5. The van der Waals surface area contributed by atoms with Crippen molar-refractivity contribution in [1.29, 1.82) is 0 Å². The average Bonchev–Trinajstić information content (AvgIpc) is 3.33. The molecule has 0 radical (unpaired) electrons. The molecular weight excluding hydrogens is 386 g/mol. The van der Waals surface area contributed by atoms with Gasteiger partial charge in [0.1, 0.15) is 11.4 Å². The van der Waals surface area contributed by atoms with Gasteiger partial charge >= 0.3 is 0 Å². The molecule has 0 N–H and O–H groups in total. The molecule has 1 saturated heterocycles. The Hall–Kier alpha value is -3.88. The SMILES string of the molecule is COc1ccccc1N1CCN(C(=O)c2ccc(-n3ccnc3)c([N+](=O)[O-])c2)CC1. The predicted molar refractivity (Wildman–Crippen MR) is 111 cm³/mol. The van der Waals surface area contributed by atoms with E-state index in [2.05, 4.69) is 9.88 Å². The fourth-order valence-electron chi connectivity index (χ4n) is 3.65. The van der Waals surface area contributed by atoms with Crippen LogP contribution in [0.5, 0.6) is 5.75 Å². The maximum absolute atomic E-state index is 13.0. The zero-order valence-electron chi connectivity index (χ0n) is 16.5. The molecular formula is C21H21N5O4. The number of benzene rings is 2. The molecule has 0 atom stereocenters. The zero-order valence-corrected chi connectivity index (χ0v) is 16.5. The van der Waals surface area contributed by atoms with Crippen molar-refractivity contribution in [2.24, 2.45) is 0 Å². The Kier molecular flexibility index (Phi) is 5.34. The molecule has 0 aliphatic carbocycles. The lowest BCUT2D eigenvalue weighted by molar-refractivity contribution is -0.384. The Morgan fingerprint density at radius 2 is 1.87 bits per heavy atom. The van der Waals surface area contributed by atoms with Gasteiger partial charge in [-0.3, -0.25) is 14.9 Å². The number of anilines is 1. The van der Waals surface area contributed by atoms with Crippen molar-refractivity contribution in [1.82, 2.24) is 14.5 Å². The Balaban J connectivity index is 1.50. The lowest BCUT2D eigenvalue weighted by atomic mass is 10.1. The third kappa shape index (κ3) is 3.69. The first-order chi connectivity index (χ1) is 14.6. The third-order valence-electron chi connectivity index (χ3n) is 5.19. The molecule has 1 aliphatic rings. The van der Waals surface area contributed by atoms with Gasteiger partial charge < -0.3 is 19.1 Å². The molecule has 0 unspecified atom stereocenters. The first-order valence-electron chi connectivity index (χ1n) is 9.52. The van der Waals surface area contributed by atoms with E-state index in [1.54, 1.807) is 41.1 Å². The summed E-state index contributed by atoms with van der Waals surface area (Å²) in [5, 5.41) is 11.6. The largest absolute Gasteiger partial charge is 0.495 e. The molecule has 1 aliphatic heterocycles. The van der Waals surface area contributed by atoms with E-state index in [-0.39, 0.29) is 11.6 Å². The molecule has 2 heterocycles. The van der Waals surface area contributed by atoms with Gasteiger partial charge in [0.05, 0.1) is 24.0 Å². The van der Waals surface area contributed by atoms with Crippen LogP contribution in [0.15, 0.2) is 61.2 Å². The van der Waals surface area contributed by atoms with Crippen LogP contribution in [0.4, 0.5) is 11.4 Å². The number of methoxy groups -OCH3 is 1. The number of ether oxygens (including phenoxy) is 1. The number of piperazine rings is 1. The molecule has 154 valence electrons. The van der Waals surface area contributed by atoms with Crippen LogP contribution in [0.3, 0.4) is 0 Å². The van der Waals surface area contributed by atoms with E-state index >= 15 is 0 Å². The lowest BCUT2D eigenvalue weighted by Crippen LogP contribution is -2.48. The topological polar surface area (TPSA) is 93.7 Å². The second-order valence-corrected chi connectivity index (χ2v) is 6.88. The van der Waals surface area contributed by atoms with Crippen molar-refractivity contribution in [2.75, 3.05) is 38.2 Å². The average molecular weight is 407 g/mol. The van der Waals surface area contributed by atoms with Crippen LogP contribution in [-0.2, 0) is 0 Å². The van der Waals surface area contributed by atoms with Crippen LogP contribution in [0.25, 0.3) is 5.69 Å². The van der Waals surface area contributed by atoms with Gasteiger partial charge in [-0.15, -0.1) is 0 Å². The lowest BCUT2D eigenvalue weighted by Gasteiger charge is -2.36. The highest BCUT2D eigenvalue weighted by molar-refractivity contribution is 5.95. The smallest absolute Gasteiger partial charge is 0.294 e. The van der Waals surface area contributed by atoms with Crippen LogP contribution in [0.2, 0.25) is 0 Å².